The first-order chi connectivity index (χ1) is 12.6. The van der Waals surface area contributed by atoms with E-state index in [2.05, 4.69) is 24.1 Å². The van der Waals surface area contributed by atoms with Gasteiger partial charge >= 0.3 is 0 Å². The van der Waals surface area contributed by atoms with Gasteiger partial charge in [0, 0.05) is 12.1 Å². The molecule has 1 atom stereocenters. The molecule has 0 saturated carbocycles. The van der Waals surface area contributed by atoms with Gasteiger partial charge in [-0.1, -0.05) is 13.8 Å². The van der Waals surface area contributed by atoms with Gasteiger partial charge in [0.1, 0.15) is 5.76 Å². The molecule has 0 aliphatic rings. The summed E-state index contributed by atoms with van der Waals surface area (Å²) in [6.45, 7) is 6.94. The van der Waals surface area contributed by atoms with Crippen LogP contribution < -0.4 is 14.8 Å². The number of ketones is 1. The minimum absolute atomic E-state index is 0.00342. The summed E-state index contributed by atoms with van der Waals surface area (Å²) in [6.07, 6.45) is 1.68. The molecule has 0 aliphatic carbocycles. The van der Waals surface area contributed by atoms with E-state index in [-0.39, 0.29) is 18.4 Å². The highest BCUT2D eigenvalue weighted by atomic mass is 16.5. The van der Waals surface area contributed by atoms with Gasteiger partial charge in [0.15, 0.2) is 17.3 Å². The lowest BCUT2D eigenvalue weighted by molar-refractivity contribution is 0.0984. The fourth-order valence-electron chi connectivity index (χ4n) is 2.99. The molecule has 0 spiro atoms. The zero-order valence-electron chi connectivity index (χ0n) is 16.0. The highest BCUT2D eigenvalue weighted by molar-refractivity contribution is 5.98. The number of rotatable bonds is 11. The molecule has 6 heteroatoms. The predicted molar refractivity (Wildman–Crippen MR) is 101 cm³/mol. The number of hydrogen-bond acceptors (Lipinski definition) is 6. The number of benzene rings is 1. The SMILES string of the molecule is CCN(CC)C(CNCC(=O)c1ccc(OC)c(OC)c1)c1ccco1. The Balaban J connectivity index is 1.99. The third-order valence-electron chi connectivity index (χ3n) is 4.45. The predicted octanol–water partition coefficient (Wildman–Crippen LogP) is 3.15. The van der Waals surface area contributed by atoms with Gasteiger partial charge in [0.2, 0.25) is 0 Å². The van der Waals surface area contributed by atoms with Crippen molar-refractivity contribution in [3.63, 3.8) is 0 Å². The standard InChI is InChI=1S/C20H28N2O4/c1-5-22(6-2)16(18-8-7-11-26-18)13-21-14-17(23)15-9-10-19(24-3)20(12-15)25-4/h7-12,16,21H,5-6,13-14H2,1-4H3. The average Bonchev–Trinajstić information content (AvgIpc) is 3.21. The zero-order valence-corrected chi connectivity index (χ0v) is 16.0. The number of carbonyl (C=O) groups is 1. The van der Waals surface area contributed by atoms with Crippen molar-refractivity contribution in [3.05, 3.63) is 47.9 Å². The molecular formula is C20H28N2O4. The highest BCUT2D eigenvalue weighted by Crippen LogP contribution is 2.27. The Hall–Kier alpha value is -2.31. The van der Waals surface area contributed by atoms with Gasteiger partial charge in [-0.2, -0.15) is 0 Å². The van der Waals surface area contributed by atoms with Crippen LogP contribution in [0.2, 0.25) is 0 Å². The van der Waals surface area contributed by atoms with E-state index in [4.69, 9.17) is 13.9 Å². The van der Waals surface area contributed by atoms with Crippen molar-refractivity contribution in [1.82, 2.24) is 10.2 Å². The molecule has 0 saturated heterocycles. The minimum atomic E-state index is 0.00342. The first kappa shape index (κ1) is 20.0. The maximum Gasteiger partial charge on any atom is 0.176 e. The molecule has 142 valence electrons. The molecule has 0 bridgehead atoms. The molecule has 1 aromatic heterocycles. The van der Waals surface area contributed by atoms with Gasteiger partial charge in [-0.25, -0.2) is 0 Å². The van der Waals surface area contributed by atoms with Crippen molar-refractivity contribution >= 4 is 5.78 Å². The van der Waals surface area contributed by atoms with Crippen LogP contribution in [0.15, 0.2) is 41.0 Å². The van der Waals surface area contributed by atoms with E-state index in [0.717, 1.165) is 18.8 Å². The number of furan rings is 1. The second kappa shape index (κ2) is 9.99. The number of methoxy groups -OCH3 is 2. The van der Waals surface area contributed by atoms with Gasteiger partial charge in [-0.3, -0.25) is 9.69 Å². The van der Waals surface area contributed by atoms with Gasteiger partial charge in [-0.15, -0.1) is 0 Å². The Kier molecular flexibility index (Phi) is 7.69. The summed E-state index contributed by atoms with van der Waals surface area (Å²) >= 11 is 0. The van der Waals surface area contributed by atoms with Gasteiger partial charge in [0.05, 0.1) is 33.1 Å². The Morgan fingerprint density at radius 3 is 2.46 bits per heavy atom. The fourth-order valence-corrected chi connectivity index (χ4v) is 2.99. The number of carbonyl (C=O) groups excluding carboxylic acids is 1. The summed E-state index contributed by atoms with van der Waals surface area (Å²) < 4.78 is 16.1. The fraction of sp³-hybridized carbons (Fsp3) is 0.450. The maximum atomic E-state index is 12.5. The lowest BCUT2D eigenvalue weighted by atomic mass is 10.1. The highest BCUT2D eigenvalue weighted by Gasteiger charge is 2.20. The molecule has 2 rings (SSSR count). The quantitative estimate of drug-likeness (QED) is 0.621. The number of ether oxygens (including phenoxy) is 2. The molecule has 1 unspecified atom stereocenters. The van der Waals surface area contributed by atoms with Crippen LogP contribution in [-0.4, -0.2) is 51.1 Å². The minimum Gasteiger partial charge on any atom is -0.493 e. The second-order valence-electron chi connectivity index (χ2n) is 5.88. The summed E-state index contributed by atoms with van der Waals surface area (Å²) in [4.78, 5) is 14.8. The molecule has 0 aliphatic heterocycles. The van der Waals surface area contributed by atoms with Crippen molar-refractivity contribution in [2.24, 2.45) is 0 Å². The largest absolute Gasteiger partial charge is 0.493 e. The second-order valence-corrected chi connectivity index (χ2v) is 5.88. The topological polar surface area (TPSA) is 63.9 Å². The summed E-state index contributed by atoms with van der Waals surface area (Å²) in [6, 6.07) is 9.16. The summed E-state index contributed by atoms with van der Waals surface area (Å²) in [5.41, 5.74) is 0.590. The Morgan fingerprint density at radius 2 is 1.88 bits per heavy atom. The van der Waals surface area contributed by atoms with Crippen LogP contribution in [0.1, 0.15) is 36.0 Å². The van der Waals surface area contributed by atoms with Crippen molar-refractivity contribution in [2.45, 2.75) is 19.9 Å². The van der Waals surface area contributed by atoms with Crippen molar-refractivity contribution < 1.29 is 18.7 Å². The summed E-state index contributed by atoms with van der Waals surface area (Å²) in [5.74, 6) is 2.06. The molecule has 0 fully saturated rings. The zero-order chi connectivity index (χ0) is 18.9. The molecule has 6 nitrogen and oxygen atoms in total. The van der Waals surface area contributed by atoms with E-state index in [1.807, 2.05) is 12.1 Å². The monoisotopic (exact) mass is 360 g/mol. The third kappa shape index (κ3) is 4.86. The maximum absolute atomic E-state index is 12.5. The smallest absolute Gasteiger partial charge is 0.176 e. The number of likely N-dealkylation sites (N-methyl/N-ethyl adjacent to an activating group) is 1. The first-order valence-corrected chi connectivity index (χ1v) is 8.87. The van der Waals surface area contributed by atoms with Crippen molar-refractivity contribution in [3.8, 4) is 11.5 Å². The molecule has 0 amide bonds. The van der Waals surface area contributed by atoms with E-state index in [1.165, 1.54) is 0 Å². The third-order valence-corrected chi connectivity index (χ3v) is 4.45. The van der Waals surface area contributed by atoms with Crippen LogP contribution in [-0.2, 0) is 0 Å². The lowest BCUT2D eigenvalue weighted by Crippen LogP contribution is -2.37. The molecular weight excluding hydrogens is 332 g/mol. The normalized spacial score (nSPS) is 12.2. The molecule has 1 aromatic carbocycles. The van der Waals surface area contributed by atoms with Gasteiger partial charge in [0.25, 0.3) is 0 Å². The van der Waals surface area contributed by atoms with Crippen molar-refractivity contribution in [2.75, 3.05) is 40.4 Å². The van der Waals surface area contributed by atoms with Crippen LogP contribution >= 0.6 is 0 Å². The molecule has 2 aromatic rings. The van der Waals surface area contributed by atoms with Crippen LogP contribution in [0.25, 0.3) is 0 Å². The number of Topliss-reactive ketones (excluding diaryl/α,β-unsaturated/α-hetero) is 1. The number of hydrogen-bond donors (Lipinski definition) is 1. The molecule has 1 heterocycles. The lowest BCUT2D eigenvalue weighted by Gasteiger charge is -2.28. The van der Waals surface area contributed by atoms with Crippen LogP contribution in [0, 0.1) is 0 Å². The molecule has 0 radical (unpaired) electrons. The average molecular weight is 360 g/mol. The van der Waals surface area contributed by atoms with E-state index in [0.29, 0.717) is 23.6 Å². The van der Waals surface area contributed by atoms with Crippen LogP contribution in [0.3, 0.4) is 0 Å². The van der Waals surface area contributed by atoms with Crippen LogP contribution in [0.4, 0.5) is 0 Å². The van der Waals surface area contributed by atoms with Gasteiger partial charge in [-0.05, 0) is 43.4 Å². The van der Waals surface area contributed by atoms with E-state index in [1.54, 1.807) is 38.7 Å². The Morgan fingerprint density at radius 1 is 1.15 bits per heavy atom. The van der Waals surface area contributed by atoms with Crippen molar-refractivity contribution in [1.29, 1.82) is 0 Å². The van der Waals surface area contributed by atoms with Gasteiger partial charge < -0.3 is 19.2 Å². The number of nitrogens with one attached hydrogen (secondary N) is 1. The van der Waals surface area contributed by atoms with Crippen LogP contribution in [0.5, 0.6) is 11.5 Å². The molecule has 26 heavy (non-hydrogen) atoms. The number of nitrogens with zero attached hydrogens (tertiary/aromatic N) is 1. The Bertz CT molecular complexity index is 681. The van der Waals surface area contributed by atoms with E-state index < -0.39 is 0 Å². The van der Waals surface area contributed by atoms with E-state index >= 15 is 0 Å². The summed E-state index contributed by atoms with van der Waals surface area (Å²) in [5, 5.41) is 3.26. The first-order valence-electron chi connectivity index (χ1n) is 8.87. The summed E-state index contributed by atoms with van der Waals surface area (Å²) in [7, 11) is 3.13. The molecule has 1 N–H and O–H groups in total. The van der Waals surface area contributed by atoms with E-state index in [9.17, 15) is 4.79 Å². The Labute approximate surface area is 155 Å².